The van der Waals surface area contributed by atoms with Gasteiger partial charge in [-0.05, 0) is 25.5 Å². The van der Waals surface area contributed by atoms with Crippen LogP contribution in [0.2, 0.25) is 0 Å². The van der Waals surface area contributed by atoms with Gasteiger partial charge in [0.1, 0.15) is 0 Å². The molecule has 0 aliphatic carbocycles. The summed E-state index contributed by atoms with van der Waals surface area (Å²) in [5.74, 6) is 0.0845. The number of hydrogen-bond acceptors (Lipinski definition) is 3. The topological polar surface area (TPSA) is 41.6 Å². The molecule has 0 heterocycles. The first-order chi connectivity index (χ1) is 17.2. The van der Waals surface area contributed by atoms with Crippen molar-refractivity contribution < 1.29 is 9.53 Å². The molecule has 0 aliphatic rings. The molecular formula is C31H56N2O2. The maximum atomic E-state index is 12.1. The normalized spacial score (nSPS) is 11.3. The van der Waals surface area contributed by atoms with E-state index < -0.39 is 0 Å². The van der Waals surface area contributed by atoms with E-state index in [0.717, 1.165) is 32.6 Å². The Bertz CT molecular complexity index is 579. The second kappa shape index (κ2) is 24.3. The van der Waals surface area contributed by atoms with Gasteiger partial charge in [-0.25, -0.2) is 0 Å². The van der Waals surface area contributed by atoms with Gasteiger partial charge in [0.2, 0.25) is 5.91 Å². The van der Waals surface area contributed by atoms with Crippen LogP contribution in [0, 0.1) is 0 Å². The average molecular weight is 489 g/mol. The van der Waals surface area contributed by atoms with Crippen LogP contribution in [-0.4, -0.2) is 44.2 Å². The molecule has 202 valence electrons. The van der Waals surface area contributed by atoms with Gasteiger partial charge >= 0.3 is 0 Å². The molecule has 1 amide bonds. The molecular weight excluding hydrogens is 432 g/mol. The highest BCUT2D eigenvalue weighted by Crippen LogP contribution is 2.13. The summed E-state index contributed by atoms with van der Waals surface area (Å²) < 4.78 is 5.73. The fourth-order valence-corrected chi connectivity index (χ4v) is 4.51. The van der Waals surface area contributed by atoms with Gasteiger partial charge in [0.05, 0.1) is 6.54 Å². The van der Waals surface area contributed by atoms with Gasteiger partial charge in [-0.1, -0.05) is 134 Å². The van der Waals surface area contributed by atoms with Crippen molar-refractivity contribution in [2.45, 2.75) is 123 Å². The summed E-state index contributed by atoms with van der Waals surface area (Å²) in [5.41, 5.74) is 1.23. The molecule has 4 nitrogen and oxygen atoms in total. The van der Waals surface area contributed by atoms with Gasteiger partial charge in [-0.2, -0.15) is 0 Å². The highest BCUT2D eigenvalue weighted by Gasteiger charge is 2.06. The van der Waals surface area contributed by atoms with E-state index >= 15 is 0 Å². The van der Waals surface area contributed by atoms with E-state index in [4.69, 9.17) is 4.74 Å². The van der Waals surface area contributed by atoms with Crippen molar-refractivity contribution in [1.82, 2.24) is 10.2 Å². The van der Waals surface area contributed by atoms with E-state index in [1.54, 1.807) is 0 Å². The number of carbonyl (C=O) groups is 1. The predicted molar refractivity (Wildman–Crippen MR) is 151 cm³/mol. The highest BCUT2D eigenvalue weighted by atomic mass is 16.5. The van der Waals surface area contributed by atoms with E-state index in [2.05, 4.69) is 24.4 Å². The Morgan fingerprint density at radius 3 is 1.74 bits per heavy atom. The monoisotopic (exact) mass is 488 g/mol. The quantitative estimate of drug-likeness (QED) is 0.142. The molecule has 35 heavy (non-hydrogen) atoms. The summed E-state index contributed by atoms with van der Waals surface area (Å²) in [6, 6.07) is 10.3. The van der Waals surface area contributed by atoms with E-state index in [1.165, 1.54) is 102 Å². The number of likely N-dealkylation sites (N-methyl/N-ethyl adjacent to an activating group) is 1. The van der Waals surface area contributed by atoms with Gasteiger partial charge in [-0.15, -0.1) is 0 Å². The van der Waals surface area contributed by atoms with Crippen molar-refractivity contribution in [2.75, 3.05) is 33.4 Å². The van der Waals surface area contributed by atoms with E-state index in [9.17, 15) is 4.79 Å². The molecule has 0 spiro atoms. The van der Waals surface area contributed by atoms with Crippen molar-refractivity contribution in [3.05, 3.63) is 35.9 Å². The first-order valence-electron chi connectivity index (χ1n) is 14.8. The molecule has 4 heteroatoms. The molecule has 1 aromatic carbocycles. The van der Waals surface area contributed by atoms with Crippen LogP contribution in [-0.2, 0) is 16.1 Å². The summed E-state index contributed by atoms with van der Waals surface area (Å²) >= 11 is 0. The van der Waals surface area contributed by atoms with Gasteiger partial charge in [-0.3, -0.25) is 9.69 Å². The van der Waals surface area contributed by atoms with Crippen LogP contribution in [0.4, 0.5) is 0 Å². The zero-order valence-corrected chi connectivity index (χ0v) is 23.2. The third-order valence-electron chi connectivity index (χ3n) is 6.64. The van der Waals surface area contributed by atoms with Crippen LogP contribution < -0.4 is 5.32 Å². The molecule has 0 aromatic heterocycles. The van der Waals surface area contributed by atoms with Crippen LogP contribution in [0.15, 0.2) is 30.3 Å². The number of unbranched alkanes of at least 4 members (excludes halogenated alkanes) is 15. The zero-order chi connectivity index (χ0) is 25.2. The molecule has 1 aromatic rings. The third-order valence-corrected chi connectivity index (χ3v) is 6.64. The SMILES string of the molecule is CCCCCCCCCCCCCCCCCCOCCCNC(=O)CN(C)Cc1ccccc1. The lowest BCUT2D eigenvalue weighted by molar-refractivity contribution is -0.122. The predicted octanol–water partition coefficient (Wildman–Crippen LogP) is 7.90. The summed E-state index contributed by atoms with van der Waals surface area (Å²) in [7, 11) is 1.98. The van der Waals surface area contributed by atoms with Gasteiger partial charge in [0, 0.05) is 26.3 Å². The molecule has 1 rings (SSSR count). The van der Waals surface area contributed by atoms with E-state index in [1.807, 2.05) is 30.1 Å². The van der Waals surface area contributed by atoms with E-state index in [-0.39, 0.29) is 5.91 Å². The number of ether oxygens (including phenoxy) is 1. The molecule has 0 bridgehead atoms. The number of rotatable bonds is 25. The Labute approximate surface area is 217 Å². The molecule has 1 N–H and O–H groups in total. The lowest BCUT2D eigenvalue weighted by Gasteiger charge is -2.16. The first kappa shape index (κ1) is 31.6. The van der Waals surface area contributed by atoms with Crippen molar-refractivity contribution in [2.24, 2.45) is 0 Å². The minimum Gasteiger partial charge on any atom is -0.381 e. The Kier molecular flexibility index (Phi) is 22.0. The zero-order valence-electron chi connectivity index (χ0n) is 23.2. The van der Waals surface area contributed by atoms with Crippen molar-refractivity contribution in [3.8, 4) is 0 Å². The number of carbonyl (C=O) groups excluding carboxylic acids is 1. The summed E-state index contributed by atoms with van der Waals surface area (Å²) in [4.78, 5) is 14.1. The van der Waals surface area contributed by atoms with Gasteiger partial charge < -0.3 is 10.1 Å². The van der Waals surface area contributed by atoms with Crippen LogP contribution in [0.1, 0.15) is 122 Å². The van der Waals surface area contributed by atoms with Gasteiger partial charge in [0.15, 0.2) is 0 Å². The largest absolute Gasteiger partial charge is 0.381 e. The minimum absolute atomic E-state index is 0.0845. The van der Waals surface area contributed by atoms with Crippen LogP contribution in [0.5, 0.6) is 0 Å². The Morgan fingerprint density at radius 1 is 0.714 bits per heavy atom. The first-order valence-corrected chi connectivity index (χ1v) is 14.8. The molecule has 0 atom stereocenters. The average Bonchev–Trinajstić information content (AvgIpc) is 2.85. The second-order valence-corrected chi connectivity index (χ2v) is 10.3. The minimum atomic E-state index is 0.0845. The number of hydrogen-bond donors (Lipinski definition) is 1. The lowest BCUT2D eigenvalue weighted by atomic mass is 10.0. The fraction of sp³-hybridized carbons (Fsp3) is 0.774. The second-order valence-electron chi connectivity index (χ2n) is 10.3. The molecule has 0 radical (unpaired) electrons. The summed E-state index contributed by atoms with van der Waals surface area (Å²) in [5, 5.41) is 3.00. The van der Waals surface area contributed by atoms with Crippen LogP contribution in [0.25, 0.3) is 0 Å². The molecule has 0 unspecified atom stereocenters. The number of nitrogens with one attached hydrogen (secondary N) is 1. The molecule has 0 saturated heterocycles. The standard InChI is InChI=1S/C31H56N2O2/c1-3-4-5-6-7-8-9-10-11-12-13-14-15-16-17-21-26-35-27-22-25-32-31(34)29-33(2)28-30-23-19-18-20-24-30/h18-20,23-24H,3-17,21-22,25-29H2,1-2H3,(H,32,34). The Hall–Kier alpha value is -1.39. The lowest BCUT2D eigenvalue weighted by Crippen LogP contribution is -2.35. The molecule has 0 aliphatic heterocycles. The molecule has 0 saturated carbocycles. The van der Waals surface area contributed by atoms with E-state index in [0.29, 0.717) is 13.1 Å². The van der Waals surface area contributed by atoms with Crippen molar-refractivity contribution in [3.63, 3.8) is 0 Å². The maximum Gasteiger partial charge on any atom is 0.234 e. The van der Waals surface area contributed by atoms with Gasteiger partial charge in [0.25, 0.3) is 0 Å². The van der Waals surface area contributed by atoms with Crippen molar-refractivity contribution in [1.29, 1.82) is 0 Å². The Balaban J connectivity index is 1.74. The maximum absolute atomic E-state index is 12.1. The molecule has 0 fully saturated rings. The third kappa shape index (κ3) is 21.6. The van der Waals surface area contributed by atoms with Crippen LogP contribution >= 0.6 is 0 Å². The van der Waals surface area contributed by atoms with Crippen molar-refractivity contribution >= 4 is 5.91 Å². The fourth-order valence-electron chi connectivity index (χ4n) is 4.51. The van der Waals surface area contributed by atoms with Crippen LogP contribution in [0.3, 0.4) is 0 Å². The number of benzene rings is 1. The summed E-state index contributed by atoms with van der Waals surface area (Å²) in [6.45, 7) is 5.78. The number of amides is 1. The Morgan fingerprint density at radius 2 is 1.20 bits per heavy atom. The smallest absolute Gasteiger partial charge is 0.234 e. The highest BCUT2D eigenvalue weighted by molar-refractivity contribution is 5.77. The number of nitrogens with zero attached hydrogens (tertiary/aromatic N) is 1. The summed E-state index contributed by atoms with van der Waals surface area (Å²) in [6.07, 6.45) is 23.2.